The molecule has 0 aromatic heterocycles. The molecule has 1 spiro atoms. The summed E-state index contributed by atoms with van der Waals surface area (Å²) >= 11 is 0. The van der Waals surface area contributed by atoms with E-state index in [-0.39, 0.29) is 5.57 Å². The minimum absolute atomic E-state index is 0.160. The molecular formula is C17H24O6. The van der Waals surface area contributed by atoms with Gasteiger partial charge in [-0.1, -0.05) is 6.58 Å². The quantitative estimate of drug-likeness (QED) is 0.450. The molecule has 2 unspecified atom stereocenters. The van der Waals surface area contributed by atoms with Crippen molar-refractivity contribution in [2.75, 3.05) is 0 Å². The first-order valence-corrected chi connectivity index (χ1v) is 7.88. The monoisotopic (exact) mass is 324 g/mol. The fourth-order valence-electron chi connectivity index (χ4n) is 3.16. The van der Waals surface area contributed by atoms with Gasteiger partial charge in [0.05, 0.1) is 0 Å². The van der Waals surface area contributed by atoms with Gasteiger partial charge in [-0.05, 0) is 53.4 Å². The van der Waals surface area contributed by atoms with Crippen LogP contribution in [0.5, 0.6) is 0 Å². The Kier molecular flexibility index (Phi) is 4.55. The molecule has 2 rings (SSSR count). The Morgan fingerprint density at radius 3 is 2.30 bits per heavy atom. The molecule has 2 aliphatic rings. The van der Waals surface area contributed by atoms with Gasteiger partial charge in [-0.2, -0.15) is 0 Å². The maximum absolute atomic E-state index is 12.7. The average Bonchev–Trinajstić information content (AvgIpc) is 2.94. The zero-order valence-electron chi connectivity index (χ0n) is 14.1. The molecule has 23 heavy (non-hydrogen) atoms. The van der Waals surface area contributed by atoms with Crippen molar-refractivity contribution < 1.29 is 28.6 Å². The summed E-state index contributed by atoms with van der Waals surface area (Å²) in [7, 11) is 0. The van der Waals surface area contributed by atoms with Crippen molar-refractivity contribution in [2.24, 2.45) is 5.92 Å². The van der Waals surface area contributed by atoms with E-state index in [1.54, 1.807) is 20.8 Å². The number of carbonyl (C=O) groups is 3. The standard InChI is InChI=1S/C17H24O6/c1-10(2)13(18)21-12-11(14(19)22-16(3,4)5)17(23-15(12)20)8-6-7-9-17/h11-12H,1,6-9H2,2-5H3. The van der Waals surface area contributed by atoms with Gasteiger partial charge in [0.15, 0.2) is 0 Å². The summed E-state index contributed by atoms with van der Waals surface area (Å²) < 4.78 is 16.2. The molecule has 0 radical (unpaired) electrons. The van der Waals surface area contributed by atoms with E-state index in [9.17, 15) is 14.4 Å². The predicted molar refractivity (Wildman–Crippen MR) is 81.3 cm³/mol. The van der Waals surface area contributed by atoms with E-state index in [1.165, 1.54) is 6.92 Å². The van der Waals surface area contributed by atoms with Crippen molar-refractivity contribution in [3.63, 3.8) is 0 Å². The van der Waals surface area contributed by atoms with Gasteiger partial charge in [0.25, 0.3) is 0 Å². The largest absolute Gasteiger partial charge is 0.460 e. The first kappa shape index (κ1) is 17.5. The summed E-state index contributed by atoms with van der Waals surface area (Å²) in [6.07, 6.45) is 1.58. The summed E-state index contributed by atoms with van der Waals surface area (Å²) in [5, 5.41) is 0. The van der Waals surface area contributed by atoms with Gasteiger partial charge in [0.1, 0.15) is 17.1 Å². The molecule has 128 valence electrons. The van der Waals surface area contributed by atoms with Crippen molar-refractivity contribution in [3.8, 4) is 0 Å². The molecule has 2 fully saturated rings. The molecule has 0 bridgehead atoms. The van der Waals surface area contributed by atoms with E-state index in [2.05, 4.69) is 6.58 Å². The summed E-state index contributed by atoms with van der Waals surface area (Å²) in [5.74, 6) is -2.89. The minimum atomic E-state index is -1.27. The Hall–Kier alpha value is -1.85. The van der Waals surface area contributed by atoms with Crippen molar-refractivity contribution in [3.05, 3.63) is 12.2 Å². The van der Waals surface area contributed by atoms with Crippen LogP contribution in [0.4, 0.5) is 0 Å². The maximum atomic E-state index is 12.7. The highest BCUT2D eigenvalue weighted by Gasteiger charge is 2.62. The molecule has 1 aliphatic heterocycles. The molecular weight excluding hydrogens is 300 g/mol. The Balaban J connectivity index is 2.31. The lowest BCUT2D eigenvalue weighted by molar-refractivity contribution is -0.171. The van der Waals surface area contributed by atoms with Gasteiger partial charge >= 0.3 is 17.9 Å². The molecule has 1 heterocycles. The van der Waals surface area contributed by atoms with Gasteiger partial charge in [-0.25, -0.2) is 9.59 Å². The van der Waals surface area contributed by atoms with Gasteiger partial charge < -0.3 is 14.2 Å². The maximum Gasteiger partial charge on any atom is 0.349 e. The highest BCUT2D eigenvalue weighted by Crippen LogP contribution is 2.47. The van der Waals surface area contributed by atoms with Crippen molar-refractivity contribution in [1.29, 1.82) is 0 Å². The van der Waals surface area contributed by atoms with Crippen LogP contribution in [0.1, 0.15) is 53.4 Å². The Bertz CT molecular complexity index is 536. The molecule has 1 saturated carbocycles. The van der Waals surface area contributed by atoms with E-state index in [4.69, 9.17) is 14.2 Å². The van der Waals surface area contributed by atoms with E-state index in [0.29, 0.717) is 12.8 Å². The van der Waals surface area contributed by atoms with Crippen LogP contribution >= 0.6 is 0 Å². The number of hydrogen-bond acceptors (Lipinski definition) is 6. The second-order valence-electron chi connectivity index (χ2n) is 7.31. The van der Waals surface area contributed by atoms with Crippen LogP contribution in [0.3, 0.4) is 0 Å². The molecule has 2 atom stereocenters. The SMILES string of the molecule is C=C(C)C(=O)OC1C(=O)OC2(CCCC2)C1C(=O)OC(C)(C)C. The van der Waals surface area contributed by atoms with Crippen LogP contribution in [0, 0.1) is 5.92 Å². The topological polar surface area (TPSA) is 78.9 Å². The molecule has 0 aromatic carbocycles. The van der Waals surface area contributed by atoms with Crippen LogP contribution < -0.4 is 0 Å². The van der Waals surface area contributed by atoms with Gasteiger partial charge in [0.2, 0.25) is 6.10 Å². The summed E-state index contributed by atoms with van der Waals surface area (Å²) in [6, 6.07) is 0. The van der Waals surface area contributed by atoms with Gasteiger partial charge in [-0.3, -0.25) is 4.79 Å². The van der Waals surface area contributed by atoms with E-state index >= 15 is 0 Å². The van der Waals surface area contributed by atoms with Crippen LogP contribution in [0.25, 0.3) is 0 Å². The summed E-state index contributed by atoms with van der Waals surface area (Å²) in [4.78, 5) is 36.7. The minimum Gasteiger partial charge on any atom is -0.460 e. The summed E-state index contributed by atoms with van der Waals surface area (Å²) in [6.45, 7) is 10.2. The first-order chi connectivity index (χ1) is 10.6. The van der Waals surface area contributed by atoms with Gasteiger partial charge in [0, 0.05) is 5.57 Å². The van der Waals surface area contributed by atoms with E-state index < -0.39 is 41.1 Å². The van der Waals surface area contributed by atoms with Crippen LogP contribution in [-0.2, 0) is 28.6 Å². The Labute approximate surface area is 136 Å². The molecule has 1 saturated heterocycles. The average molecular weight is 324 g/mol. The second-order valence-corrected chi connectivity index (χ2v) is 7.31. The Morgan fingerprint density at radius 1 is 1.26 bits per heavy atom. The molecule has 6 nitrogen and oxygen atoms in total. The third-order valence-corrected chi connectivity index (χ3v) is 4.10. The molecule has 0 N–H and O–H groups in total. The van der Waals surface area contributed by atoms with Crippen molar-refractivity contribution >= 4 is 17.9 Å². The van der Waals surface area contributed by atoms with E-state index in [1.807, 2.05) is 0 Å². The zero-order valence-corrected chi connectivity index (χ0v) is 14.1. The molecule has 6 heteroatoms. The lowest BCUT2D eigenvalue weighted by atomic mass is 9.84. The van der Waals surface area contributed by atoms with Crippen molar-refractivity contribution in [2.45, 2.75) is 70.7 Å². The number of carbonyl (C=O) groups excluding carboxylic acids is 3. The van der Waals surface area contributed by atoms with Crippen molar-refractivity contribution in [1.82, 2.24) is 0 Å². The molecule has 0 aromatic rings. The third-order valence-electron chi connectivity index (χ3n) is 4.10. The highest BCUT2D eigenvalue weighted by molar-refractivity contribution is 5.93. The number of hydrogen-bond donors (Lipinski definition) is 0. The number of esters is 3. The summed E-state index contributed by atoms with van der Waals surface area (Å²) in [5.41, 5.74) is -1.46. The van der Waals surface area contributed by atoms with Crippen LogP contribution in [0.2, 0.25) is 0 Å². The second kappa shape index (κ2) is 5.98. The van der Waals surface area contributed by atoms with E-state index in [0.717, 1.165) is 12.8 Å². The molecule has 1 aliphatic carbocycles. The van der Waals surface area contributed by atoms with Crippen LogP contribution in [-0.4, -0.2) is 35.2 Å². The predicted octanol–water partition coefficient (Wildman–Crippen LogP) is 2.30. The highest BCUT2D eigenvalue weighted by atomic mass is 16.6. The number of rotatable bonds is 3. The fourth-order valence-corrected chi connectivity index (χ4v) is 3.16. The smallest absolute Gasteiger partial charge is 0.349 e. The lowest BCUT2D eigenvalue weighted by Gasteiger charge is -2.31. The lowest BCUT2D eigenvalue weighted by Crippen LogP contribution is -2.45. The first-order valence-electron chi connectivity index (χ1n) is 7.88. The zero-order chi connectivity index (χ0) is 17.4. The fraction of sp³-hybridized carbons (Fsp3) is 0.706. The molecule has 0 amide bonds. The normalized spacial score (nSPS) is 26.0. The third kappa shape index (κ3) is 3.57. The van der Waals surface area contributed by atoms with Crippen LogP contribution in [0.15, 0.2) is 12.2 Å². The Morgan fingerprint density at radius 2 is 1.83 bits per heavy atom. The van der Waals surface area contributed by atoms with Gasteiger partial charge in [-0.15, -0.1) is 0 Å². The number of ether oxygens (including phenoxy) is 3.